The smallest absolute Gasteiger partial charge is 0.247 e. The summed E-state index contributed by atoms with van der Waals surface area (Å²) in [5, 5.41) is 9.60. The Bertz CT molecular complexity index is 1210. The quantitative estimate of drug-likeness (QED) is 0.544. The van der Waals surface area contributed by atoms with E-state index in [0.717, 1.165) is 11.4 Å². The van der Waals surface area contributed by atoms with Crippen molar-refractivity contribution in [3.63, 3.8) is 0 Å². The third kappa shape index (κ3) is 4.38. The van der Waals surface area contributed by atoms with Gasteiger partial charge in [-0.15, -0.1) is 11.8 Å². The molecule has 2 saturated heterocycles. The van der Waals surface area contributed by atoms with Crippen molar-refractivity contribution in [3.05, 3.63) is 48.6 Å². The standard InChI is InChI=1S/C30H39N3O5S/c1-6-38-21-12-10-20(11-13-21)31-16-7-14-29(5)22(25(31)35)23-26(36)32(17-9-19-34)24-27(37)33(28(2,3)4)18-8-15-30(23,24)39-29/h7-8,10-15,22-24,34H,6,9,16-19H2,1-5H3/t22-,23+,24?,29+,30+/m1/s1. The lowest BCUT2D eigenvalue weighted by Gasteiger charge is -2.41. The fourth-order valence-corrected chi connectivity index (χ4v) is 8.88. The van der Waals surface area contributed by atoms with Crippen LogP contribution in [-0.4, -0.2) is 86.6 Å². The number of aliphatic hydroxyl groups is 1. The van der Waals surface area contributed by atoms with Gasteiger partial charge in [0, 0.05) is 42.2 Å². The minimum absolute atomic E-state index is 0.0807. The van der Waals surface area contributed by atoms with Gasteiger partial charge >= 0.3 is 0 Å². The Morgan fingerprint density at radius 3 is 2.33 bits per heavy atom. The van der Waals surface area contributed by atoms with Crippen LogP contribution in [-0.2, 0) is 14.4 Å². The van der Waals surface area contributed by atoms with Crippen molar-refractivity contribution in [2.45, 2.75) is 62.1 Å². The predicted molar refractivity (Wildman–Crippen MR) is 153 cm³/mol. The van der Waals surface area contributed by atoms with E-state index in [1.807, 2.05) is 82.0 Å². The monoisotopic (exact) mass is 553 g/mol. The maximum Gasteiger partial charge on any atom is 0.247 e. The van der Waals surface area contributed by atoms with Crippen molar-refractivity contribution in [1.29, 1.82) is 0 Å². The fourth-order valence-electron chi connectivity index (χ4n) is 6.73. The van der Waals surface area contributed by atoms with Crippen LogP contribution >= 0.6 is 11.8 Å². The van der Waals surface area contributed by atoms with Gasteiger partial charge in [-0.1, -0.05) is 24.3 Å². The Hall–Kier alpha value is -2.78. The van der Waals surface area contributed by atoms with Crippen LogP contribution in [0, 0.1) is 11.8 Å². The highest BCUT2D eigenvalue weighted by molar-refractivity contribution is 8.02. The molecule has 1 N–H and O–H groups in total. The number of fused-ring (bicyclic) bond motifs is 2. The summed E-state index contributed by atoms with van der Waals surface area (Å²) in [4.78, 5) is 48.2. The second-order valence-electron chi connectivity index (χ2n) is 11.9. The highest BCUT2D eigenvalue weighted by atomic mass is 32.2. The van der Waals surface area contributed by atoms with Gasteiger partial charge < -0.3 is 24.5 Å². The molecule has 1 aromatic rings. The second kappa shape index (κ2) is 10.0. The Kier molecular flexibility index (Phi) is 7.12. The number of ether oxygens (including phenoxy) is 1. The van der Waals surface area contributed by atoms with Crippen LogP contribution in [0.1, 0.15) is 41.0 Å². The first-order chi connectivity index (χ1) is 18.5. The number of anilines is 1. The predicted octanol–water partition coefficient (Wildman–Crippen LogP) is 3.25. The van der Waals surface area contributed by atoms with Gasteiger partial charge in [0.25, 0.3) is 0 Å². The molecule has 1 aromatic carbocycles. The molecule has 5 atom stereocenters. The number of amides is 3. The molecule has 9 heteroatoms. The van der Waals surface area contributed by atoms with E-state index in [2.05, 4.69) is 6.08 Å². The van der Waals surface area contributed by atoms with E-state index in [1.165, 1.54) is 0 Å². The van der Waals surface area contributed by atoms with Gasteiger partial charge in [-0.3, -0.25) is 14.4 Å². The second-order valence-corrected chi connectivity index (χ2v) is 13.7. The van der Waals surface area contributed by atoms with Gasteiger partial charge in [-0.2, -0.15) is 0 Å². The summed E-state index contributed by atoms with van der Waals surface area (Å²) in [7, 11) is 0. The van der Waals surface area contributed by atoms with E-state index >= 15 is 0 Å². The van der Waals surface area contributed by atoms with Crippen LogP contribution in [0.5, 0.6) is 5.75 Å². The normalized spacial score (nSPS) is 32.2. The maximum atomic E-state index is 14.4. The molecule has 3 amide bonds. The number of carbonyl (C=O) groups excluding carboxylic acids is 3. The molecule has 0 bridgehead atoms. The summed E-state index contributed by atoms with van der Waals surface area (Å²) in [5.74, 6) is -1.02. The molecule has 5 rings (SSSR count). The zero-order chi connectivity index (χ0) is 28.2. The largest absolute Gasteiger partial charge is 0.494 e. The number of hydrogen-bond donors (Lipinski definition) is 1. The first-order valence-electron chi connectivity index (χ1n) is 13.8. The van der Waals surface area contributed by atoms with Crippen molar-refractivity contribution in [2.75, 3.05) is 37.7 Å². The first kappa shape index (κ1) is 27.8. The minimum Gasteiger partial charge on any atom is -0.494 e. The van der Waals surface area contributed by atoms with Gasteiger partial charge in [0.2, 0.25) is 17.7 Å². The van der Waals surface area contributed by atoms with E-state index in [4.69, 9.17) is 4.74 Å². The molecule has 0 radical (unpaired) electrons. The maximum absolute atomic E-state index is 14.4. The Balaban J connectivity index is 1.59. The summed E-state index contributed by atoms with van der Waals surface area (Å²) < 4.78 is 4.03. The summed E-state index contributed by atoms with van der Waals surface area (Å²) in [6.07, 6.45) is 8.48. The Morgan fingerprint density at radius 1 is 1.00 bits per heavy atom. The molecular formula is C30H39N3O5S. The topological polar surface area (TPSA) is 90.4 Å². The molecule has 4 aliphatic rings. The molecule has 1 spiro atoms. The number of aliphatic hydroxyl groups excluding tert-OH is 1. The number of thioether (sulfide) groups is 1. The first-order valence-corrected chi connectivity index (χ1v) is 14.6. The number of rotatable bonds is 6. The molecule has 8 nitrogen and oxygen atoms in total. The van der Waals surface area contributed by atoms with Crippen molar-refractivity contribution in [3.8, 4) is 5.75 Å². The van der Waals surface area contributed by atoms with Gasteiger partial charge in [0.1, 0.15) is 11.8 Å². The van der Waals surface area contributed by atoms with E-state index in [9.17, 15) is 19.5 Å². The minimum atomic E-state index is -0.884. The highest BCUT2D eigenvalue weighted by Crippen LogP contribution is 2.65. The molecule has 0 aliphatic carbocycles. The molecule has 39 heavy (non-hydrogen) atoms. The fraction of sp³-hybridized carbons (Fsp3) is 0.567. The molecule has 210 valence electrons. The van der Waals surface area contributed by atoms with Crippen LogP contribution in [0.15, 0.2) is 48.6 Å². The van der Waals surface area contributed by atoms with E-state index in [-0.39, 0.29) is 30.9 Å². The molecule has 2 fully saturated rings. The number of carbonyl (C=O) groups is 3. The third-order valence-corrected chi connectivity index (χ3v) is 10.2. The molecule has 0 saturated carbocycles. The lowest BCUT2D eigenvalue weighted by molar-refractivity contribution is -0.145. The van der Waals surface area contributed by atoms with Crippen molar-refractivity contribution in [1.82, 2.24) is 9.80 Å². The summed E-state index contributed by atoms with van der Waals surface area (Å²) in [6.45, 7) is 11.5. The molecular weight excluding hydrogens is 514 g/mol. The van der Waals surface area contributed by atoms with Gasteiger partial charge in [-0.05, 0) is 65.3 Å². The summed E-state index contributed by atoms with van der Waals surface area (Å²) in [5.41, 5.74) is 0.308. The number of likely N-dealkylation sites (tertiary alicyclic amines) is 1. The van der Waals surface area contributed by atoms with Gasteiger partial charge in [0.05, 0.1) is 23.2 Å². The summed E-state index contributed by atoms with van der Waals surface area (Å²) >= 11 is 1.58. The van der Waals surface area contributed by atoms with E-state index in [1.54, 1.807) is 21.6 Å². The number of hydrogen-bond acceptors (Lipinski definition) is 6. The molecule has 0 aromatic heterocycles. The van der Waals surface area contributed by atoms with E-state index < -0.39 is 32.9 Å². The SMILES string of the molecule is CCOc1ccc(N2CC=C[C@]3(C)S[C@]45C=CCN(C(C)(C)C)C(=O)C4N(CCCO)C(=O)[C@@H]5[C@@H]3C2=O)cc1. The van der Waals surface area contributed by atoms with E-state index in [0.29, 0.717) is 26.1 Å². The van der Waals surface area contributed by atoms with Gasteiger partial charge in [-0.25, -0.2) is 0 Å². The third-order valence-electron chi connectivity index (χ3n) is 8.38. The average molecular weight is 554 g/mol. The lowest BCUT2D eigenvalue weighted by Crippen LogP contribution is -2.57. The molecule has 4 heterocycles. The number of benzene rings is 1. The molecule has 4 aliphatic heterocycles. The van der Waals surface area contributed by atoms with Crippen LogP contribution < -0.4 is 9.64 Å². The van der Waals surface area contributed by atoms with Crippen LogP contribution in [0.2, 0.25) is 0 Å². The zero-order valence-electron chi connectivity index (χ0n) is 23.4. The Labute approximate surface area is 235 Å². The summed E-state index contributed by atoms with van der Waals surface area (Å²) in [6, 6.07) is 6.71. The van der Waals surface area contributed by atoms with Crippen LogP contribution in [0.25, 0.3) is 0 Å². The zero-order valence-corrected chi connectivity index (χ0v) is 24.2. The van der Waals surface area contributed by atoms with Gasteiger partial charge in [0.15, 0.2) is 0 Å². The highest BCUT2D eigenvalue weighted by Gasteiger charge is 2.74. The average Bonchev–Trinajstić information content (AvgIpc) is 3.13. The lowest BCUT2D eigenvalue weighted by atomic mass is 9.74. The Morgan fingerprint density at radius 2 is 1.69 bits per heavy atom. The van der Waals surface area contributed by atoms with Crippen LogP contribution in [0.3, 0.4) is 0 Å². The number of nitrogens with zero attached hydrogens (tertiary/aromatic N) is 3. The van der Waals surface area contributed by atoms with Crippen molar-refractivity contribution >= 4 is 35.2 Å². The molecule has 1 unspecified atom stereocenters. The van der Waals surface area contributed by atoms with Crippen molar-refractivity contribution in [2.24, 2.45) is 11.8 Å². The van der Waals surface area contributed by atoms with Crippen molar-refractivity contribution < 1.29 is 24.2 Å². The van der Waals surface area contributed by atoms with Crippen LogP contribution in [0.4, 0.5) is 5.69 Å².